The number of methoxy groups -OCH3 is 2. The van der Waals surface area contributed by atoms with Crippen LogP contribution in [0.2, 0.25) is 0 Å². The Morgan fingerprint density at radius 2 is 1.76 bits per heavy atom. The molecular formula is C12H12NO4-. The van der Waals surface area contributed by atoms with Crippen molar-refractivity contribution in [3.05, 3.63) is 35.5 Å². The van der Waals surface area contributed by atoms with Crippen LogP contribution in [0, 0.1) is 5.21 Å². The lowest BCUT2D eigenvalue weighted by molar-refractivity contribution is 0.297. The summed E-state index contributed by atoms with van der Waals surface area (Å²) in [7, 11) is 3.05. The van der Waals surface area contributed by atoms with E-state index >= 15 is 0 Å². The van der Waals surface area contributed by atoms with Crippen molar-refractivity contribution in [3.63, 3.8) is 0 Å². The maximum atomic E-state index is 11.1. The summed E-state index contributed by atoms with van der Waals surface area (Å²) in [5, 5.41) is 21.2. The first kappa shape index (κ1) is 11.5. The van der Waals surface area contributed by atoms with Crippen molar-refractivity contribution in [1.82, 2.24) is 0 Å². The SMILES string of the molecule is COc1ccc(N([O-])O)c2c(OC)cccc12. The van der Waals surface area contributed by atoms with Gasteiger partial charge in [0, 0.05) is 5.39 Å². The molecule has 0 unspecified atom stereocenters. The Hall–Kier alpha value is -1.98. The van der Waals surface area contributed by atoms with Gasteiger partial charge in [-0.1, -0.05) is 12.1 Å². The van der Waals surface area contributed by atoms with Gasteiger partial charge in [0.15, 0.2) is 0 Å². The largest absolute Gasteiger partial charge is 0.733 e. The number of hydrogen-bond acceptors (Lipinski definition) is 5. The van der Waals surface area contributed by atoms with Gasteiger partial charge in [-0.15, -0.1) is 0 Å². The predicted molar refractivity (Wildman–Crippen MR) is 64.7 cm³/mol. The molecule has 0 aliphatic heterocycles. The molecule has 0 amide bonds. The van der Waals surface area contributed by atoms with Crippen molar-refractivity contribution in [1.29, 1.82) is 0 Å². The highest BCUT2D eigenvalue weighted by molar-refractivity contribution is 6.02. The monoisotopic (exact) mass is 234 g/mol. The van der Waals surface area contributed by atoms with Gasteiger partial charge in [0.2, 0.25) is 0 Å². The second-order valence-electron chi connectivity index (χ2n) is 3.44. The van der Waals surface area contributed by atoms with E-state index in [1.165, 1.54) is 13.2 Å². The Morgan fingerprint density at radius 3 is 2.35 bits per heavy atom. The molecule has 1 N–H and O–H groups in total. The highest BCUT2D eigenvalue weighted by Crippen LogP contribution is 2.38. The Bertz CT molecular complexity index is 539. The topological polar surface area (TPSA) is 65.0 Å². The lowest BCUT2D eigenvalue weighted by Crippen LogP contribution is -2.08. The minimum Gasteiger partial charge on any atom is -0.733 e. The number of hydrogen-bond donors (Lipinski definition) is 1. The zero-order valence-electron chi connectivity index (χ0n) is 9.51. The fourth-order valence-electron chi connectivity index (χ4n) is 1.84. The molecule has 17 heavy (non-hydrogen) atoms. The Labute approximate surface area is 98.3 Å². The highest BCUT2D eigenvalue weighted by Gasteiger charge is 2.11. The van der Waals surface area contributed by atoms with Crippen molar-refractivity contribution < 1.29 is 14.7 Å². The van der Waals surface area contributed by atoms with Crippen LogP contribution in [0.5, 0.6) is 11.5 Å². The van der Waals surface area contributed by atoms with Crippen LogP contribution in [-0.2, 0) is 0 Å². The lowest BCUT2D eigenvalue weighted by Gasteiger charge is -2.24. The first-order valence-electron chi connectivity index (χ1n) is 4.99. The molecular weight excluding hydrogens is 222 g/mol. The summed E-state index contributed by atoms with van der Waals surface area (Å²) in [5.74, 6) is 1.12. The van der Waals surface area contributed by atoms with Gasteiger partial charge in [-0.25, -0.2) is 0 Å². The van der Waals surface area contributed by atoms with Crippen LogP contribution in [-0.4, -0.2) is 19.4 Å². The average molecular weight is 234 g/mol. The quantitative estimate of drug-likeness (QED) is 0.827. The van der Waals surface area contributed by atoms with Crippen LogP contribution in [0.15, 0.2) is 30.3 Å². The molecule has 0 aromatic heterocycles. The third-order valence-corrected chi connectivity index (χ3v) is 2.59. The Morgan fingerprint density at radius 1 is 1.06 bits per heavy atom. The molecule has 0 aliphatic carbocycles. The van der Waals surface area contributed by atoms with Crippen LogP contribution < -0.4 is 14.7 Å². The molecule has 0 spiro atoms. The Balaban J connectivity index is 2.85. The summed E-state index contributed by atoms with van der Waals surface area (Å²) in [6.07, 6.45) is 0. The van der Waals surface area contributed by atoms with Gasteiger partial charge in [-0.3, -0.25) is 5.21 Å². The predicted octanol–water partition coefficient (Wildman–Crippen LogP) is 2.55. The summed E-state index contributed by atoms with van der Waals surface area (Å²) < 4.78 is 10.4. The summed E-state index contributed by atoms with van der Waals surface area (Å²) in [4.78, 5) is 0. The summed E-state index contributed by atoms with van der Waals surface area (Å²) in [5.41, 5.74) is 0.123. The maximum absolute atomic E-state index is 11.1. The minimum atomic E-state index is -0.176. The second-order valence-corrected chi connectivity index (χ2v) is 3.44. The number of fused-ring (bicyclic) bond motifs is 1. The van der Waals surface area contributed by atoms with Crippen molar-refractivity contribution in [3.8, 4) is 11.5 Å². The molecule has 0 saturated carbocycles. The fraction of sp³-hybridized carbons (Fsp3) is 0.167. The van der Waals surface area contributed by atoms with E-state index in [0.29, 0.717) is 22.3 Å². The van der Waals surface area contributed by atoms with Gasteiger partial charge in [-0.2, -0.15) is 0 Å². The Kier molecular flexibility index (Phi) is 3.03. The van der Waals surface area contributed by atoms with Gasteiger partial charge in [-0.05, 0) is 18.2 Å². The molecule has 0 fully saturated rings. The zero-order chi connectivity index (χ0) is 12.4. The van der Waals surface area contributed by atoms with E-state index in [-0.39, 0.29) is 10.9 Å². The van der Waals surface area contributed by atoms with E-state index < -0.39 is 0 Å². The van der Waals surface area contributed by atoms with Crippen molar-refractivity contribution >= 4 is 16.5 Å². The third kappa shape index (κ3) is 1.86. The molecule has 0 heterocycles. The van der Waals surface area contributed by atoms with E-state index in [1.54, 1.807) is 31.4 Å². The number of rotatable bonds is 3. The van der Waals surface area contributed by atoms with Crippen LogP contribution in [0.4, 0.5) is 5.69 Å². The molecule has 2 aromatic carbocycles. The fourth-order valence-corrected chi connectivity index (χ4v) is 1.84. The van der Waals surface area contributed by atoms with Crippen molar-refractivity contribution in [2.75, 3.05) is 19.4 Å². The molecule has 2 aromatic rings. The summed E-state index contributed by atoms with van der Waals surface area (Å²) >= 11 is 0. The lowest BCUT2D eigenvalue weighted by atomic mass is 10.1. The molecule has 0 radical (unpaired) electrons. The smallest absolute Gasteiger partial charge is 0.128 e. The van der Waals surface area contributed by atoms with Gasteiger partial charge in [0.05, 0.1) is 25.3 Å². The van der Waals surface area contributed by atoms with Crippen molar-refractivity contribution in [2.45, 2.75) is 0 Å². The van der Waals surface area contributed by atoms with E-state index in [0.717, 1.165) is 0 Å². The molecule has 0 saturated heterocycles. The van der Waals surface area contributed by atoms with E-state index in [1.807, 2.05) is 0 Å². The van der Waals surface area contributed by atoms with Gasteiger partial charge < -0.3 is 19.9 Å². The standard InChI is InChI=1S/C12H12NO4/c1-16-10-7-6-9(13(14)15)12-8(10)4-3-5-11(12)17-2/h3-7,14H,1-2H3/q-1. The first-order valence-corrected chi connectivity index (χ1v) is 4.99. The number of benzene rings is 2. The third-order valence-electron chi connectivity index (χ3n) is 2.59. The molecule has 0 aliphatic rings. The van der Waals surface area contributed by atoms with E-state index in [9.17, 15) is 5.21 Å². The van der Waals surface area contributed by atoms with Crippen molar-refractivity contribution in [2.24, 2.45) is 0 Å². The van der Waals surface area contributed by atoms with Crippen LogP contribution >= 0.6 is 0 Å². The number of ether oxygens (including phenoxy) is 2. The van der Waals surface area contributed by atoms with Gasteiger partial charge in [0.1, 0.15) is 11.5 Å². The first-order chi connectivity index (χ1) is 8.19. The van der Waals surface area contributed by atoms with Crippen LogP contribution in [0.1, 0.15) is 0 Å². The summed E-state index contributed by atoms with van der Waals surface area (Å²) in [6.45, 7) is 0. The van der Waals surface area contributed by atoms with E-state index in [4.69, 9.17) is 14.7 Å². The molecule has 90 valence electrons. The minimum absolute atomic E-state index is 0.123. The normalized spacial score (nSPS) is 10.4. The molecule has 5 heteroatoms. The number of anilines is 1. The zero-order valence-corrected chi connectivity index (χ0v) is 9.51. The summed E-state index contributed by atoms with van der Waals surface area (Å²) in [6, 6.07) is 8.41. The second kappa shape index (κ2) is 4.48. The van der Waals surface area contributed by atoms with E-state index in [2.05, 4.69) is 0 Å². The highest BCUT2D eigenvalue weighted by atomic mass is 16.8. The maximum Gasteiger partial charge on any atom is 0.128 e. The molecule has 0 bridgehead atoms. The van der Waals surface area contributed by atoms with Crippen LogP contribution in [0.3, 0.4) is 0 Å². The van der Waals surface area contributed by atoms with Crippen LogP contribution in [0.25, 0.3) is 10.8 Å². The van der Waals surface area contributed by atoms with Gasteiger partial charge in [0.25, 0.3) is 0 Å². The van der Waals surface area contributed by atoms with Gasteiger partial charge >= 0.3 is 0 Å². The number of nitrogens with zero attached hydrogens (tertiary/aromatic N) is 1. The molecule has 2 rings (SSSR count). The average Bonchev–Trinajstić information content (AvgIpc) is 2.36. The molecule has 0 atom stereocenters. The molecule has 5 nitrogen and oxygen atoms in total.